The van der Waals surface area contributed by atoms with Gasteiger partial charge < -0.3 is 24.9 Å². The molecule has 132 valence electrons. The number of furan rings is 1. The van der Waals surface area contributed by atoms with Crippen LogP contribution in [-0.4, -0.2) is 25.5 Å². The summed E-state index contributed by atoms with van der Waals surface area (Å²) in [6.45, 7) is 1.87. The summed E-state index contributed by atoms with van der Waals surface area (Å²) in [5.41, 5.74) is 5.57. The van der Waals surface area contributed by atoms with Crippen LogP contribution in [0.2, 0.25) is 0 Å². The number of carbonyl (C=O) groups is 2. The zero-order chi connectivity index (χ0) is 18.0. The number of anilines is 1. The summed E-state index contributed by atoms with van der Waals surface area (Å²) >= 11 is 0. The number of methoxy groups -OCH3 is 1. The molecule has 1 aliphatic carbocycles. The summed E-state index contributed by atoms with van der Waals surface area (Å²) in [6, 6.07) is 8.38. The van der Waals surface area contributed by atoms with Crippen molar-refractivity contribution in [2.75, 3.05) is 19.0 Å². The van der Waals surface area contributed by atoms with Crippen LogP contribution in [0.15, 0.2) is 34.7 Å². The van der Waals surface area contributed by atoms with E-state index in [2.05, 4.69) is 12.2 Å². The molecule has 1 heterocycles. The molecule has 0 unspecified atom stereocenters. The molecular weight excluding hydrogens is 324 g/mol. The van der Waals surface area contributed by atoms with Gasteiger partial charge in [0.15, 0.2) is 23.9 Å². The number of ether oxygens (including phenoxy) is 2. The third-order valence-corrected chi connectivity index (χ3v) is 4.12. The molecule has 1 fully saturated rings. The summed E-state index contributed by atoms with van der Waals surface area (Å²) in [5, 5.41) is 2.74. The molecule has 2 aromatic rings. The first-order chi connectivity index (χ1) is 12.0. The van der Waals surface area contributed by atoms with Gasteiger partial charge in [-0.1, -0.05) is 6.92 Å². The van der Waals surface area contributed by atoms with E-state index in [0.29, 0.717) is 29.0 Å². The minimum atomic E-state index is -0.603. The lowest BCUT2D eigenvalue weighted by Gasteiger charge is -2.11. The zero-order valence-electron chi connectivity index (χ0n) is 14.1. The maximum Gasteiger partial charge on any atom is 0.291 e. The van der Waals surface area contributed by atoms with Gasteiger partial charge in [-0.05, 0) is 36.6 Å². The van der Waals surface area contributed by atoms with E-state index < -0.39 is 5.91 Å². The SMILES string of the molecule is COc1ccc(NC(=O)c2ccc([C@@H]3C[C@@H]3C)o2)cc1OCC(N)=O. The summed E-state index contributed by atoms with van der Waals surface area (Å²) in [5.74, 6) is 1.90. The minimum Gasteiger partial charge on any atom is -0.493 e. The smallest absolute Gasteiger partial charge is 0.291 e. The van der Waals surface area contributed by atoms with E-state index in [4.69, 9.17) is 19.6 Å². The molecule has 0 saturated heterocycles. The molecule has 25 heavy (non-hydrogen) atoms. The van der Waals surface area contributed by atoms with E-state index in [1.807, 2.05) is 6.07 Å². The number of primary amides is 1. The lowest BCUT2D eigenvalue weighted by atomic mass is 10.2. The minimum absolute atomic E-state index is 0.254. The van der Waals surface area contributed by atoms with Crippen LogP contribution >= 0.6 is 0 Å². The second-order valence-corrected chi connectivity index (χ2v) is 6.10. The van der Waals surface area contributed by atoms with E-state index in [0.717, 1.165) is 12.2 Å². The Hall–Kier alpha value is -2.96. The van der Waals surface area contributed by atoms with Gasteiger partial charge in [0.1, 0.15) is 5.76 Å². The summed E-state index contributed by atoms with van der Waals surface area (Å²) in [6.07, 6.45) is 1.09. The molecule has 7 heteroatoms. The van der Waals surface area contributed by atoms with Gasteiger partial charge in [0.25, 0.3) is 11.8 Å². The fourth-order valence-electron chi connectivity index (χ4n) is 2.60. The predicted molar refractivity (Wildman–Crippen MR) is 90.9 cm³/mol. The summed E-state index contributed by atoms with van der Waals surface area (Å²) in [4.78, 5) is 23.2. The molecule has 1 saturated carbocycles. The molecule has 1 aromatic carbocycles. The van der Waals surface area contributed by atoms with Crippen LogP contribution in [0.4, 0.5) is 5.69 Å². The average molecular weight is 344 g/mol. The van der Waals surface area contributed by atoms with Crippen LogP contribution < -0.4 is 20.5 Å². The quantitative estimate of drug-likeness (QED) is 0.803. The second-order valence-electron chi connectivity index (χ2n) is 6.10. The molecule has 1 aliphatic rings. The van der Waals surface area contributed by atoms with Crippen LogP contribution in [0, 0.1) is 5.92 Å². The summed E-state index contributed by atoms with van der Waals surface area (Å²) < 4.78 is 16.1. The highest BCUT2D eigenvalue weighted by molar-refractivity contribution is 6.02. The maximum atomic E-state index is 12.3. The first-order valence-electron chi connectivity index (χ1n) is 7.98. The van der Waals surface area contributed by atoms with Crippen molar-refractivity contribution in [3.8, 4) is 11.5 Å². The number of hydrogen-bond acceptors (Lipinski definition) is 5. The zero-order valence-corrected chi connectivity index (χ0v) is 14.1. The highest BCUT2D eigenvalue weighted by atomic mass is 16.5. The Morgan fingerprint density at radius 3 is 2.68 bits per heavy atom. The lowest BCUT2D eigenvalue weighted by Crippen LogP contribution is -2.20. The van der Waals surface area contributed by atoms with Gasteiger partial charge in [-0.15, -0.1) is 0 Å². The molecule has 3 N–H and O–H groups in total. The average Bonchev–Trinajstić information content (AvgIpc) is 3.11. The monoisotopic (exact) mass is 344 g/mol. The van der Waals surface area contributed by atoms with Gasteiger partial charge in [0, 0.05) is 17.7 Å². The number of amides is 2. The molecule has 3 rings (SSSR count). The van der Waals surface area contributed by atoms with Crippen molar-refractivity contribution in [1.29, 1.82) is 0 Å². The van der Waals surface area contributed by atoms with Crippen molar-refractivity contribution < 1.29 is 23.5 Å². The number of nitrogens with one attached hydrogen (secondary N) is 1. The van der Waals surface area contributed by atoms with Crippen LogP contribution in [0.1, 0.15) is 35.6 Å². The van der Waals surface area contributed by atoms with E-state index in [-0.39, 0.29) is 18.3 Å². The van der Waals surface area contributed by atoms with Crippen molar-refractivity contribution >= 4 is 17.5 Å². The Bertz CT molecular complexity index is 799. The maximum absolute atomic E-state index is 12.3. The van der Waals surface area contributed by atoms with E-state index in [1.54, 1.807) is 24.3 Å². The Kier molecular flexibility index (Phi) is 4.65. The van der Waals surface area contributed by atoms with Crippen molar-refractivity contribution in [3.05, 3.63) is 41.9 Å². The van der Waals surface area contributed by atoms with Gasteiger partial charge in [-0.2, -0.15) is 0 Å². The molecule has 0 spiro atoms. The van der Waals surface area contributed by atoms with E-state index in [1.165, 1.54) is 7.11 Å². The second kappa shape index (κ2) is 6.88. The number of benzene rings is 1. The van der Waals surface area contributed by atoms with Crippen LogP contribution in [-0.2, 0) is 4.79 Å². The van der Waals surface area contributed by atoms with Crippen molar-refractivity contribution in [3.63, 3.8) is 0 Å². The molecule has 1 aromatic heterocycles. The lowest BCUT2D eigenvalue weighted by molar-refractivity contribution is -0.119. The fraction of sp³-hybridized carbons (Fsp3) is 0.333. The van der Waals surface area contributed by atoms with Gasteiger partial charge in [0.2, 0.25) is 0 Å². The van der Waals surface area contributed by atoms with Gasteiger partial charge in [-0.3, -0.25) is 9.59 Å². The number of hydrogen-bond donors (Lipinski definition) is 2. The van der Waals surface area contributed by atoms with Crippen LogP contribution in [0.5, 0.6) is 11.5 Å². The largest absolute Gasteiger partial charge is 0.493 e. The van der Waals surface area contributed by atoms with Crippen molar-refractivity contribution in [2.24, 2.45) is 11.7 Å². The topological polar surface area (TPSA) is 104 Å². The van der Waals surface area contributed by atoms with E-state index in [9.17, 15) is 9.59 Å². The van der Waals surface area contributed by atoms with Gasteiger partial charge in [0.05, 0.1) is 7.11 Å². The Labute approximate surface area is 145 Å². The molecule has 2 atom stereocenters. The molecule has 0 radical (unpaired) electrons. The molecule has 7 nitrogen and oxygen atoms in total. The van der Waals surface area contributed by atoms with Gasteiger partial charge >= 0.3 is 0 Å². The van der Waals surface area contributed by atoms with Gasteiger partial charge in [-0.25, -0.2) is 0 Å². The molecular formula is C18H20N2O5. The Morgan fingerprint density at radius 2 is 2.04 bits per heavy atom. The molecule has 0 bridgehead atoms. The third-order valence-electron chi connectivity index (χ3n) is 4.12. The predicted octanol–water partition coefficient (Wildman–Crippen LogP) is 2.53. The highest BCUT2D eigenvalue weighted by Crippen LogP contribution is 2.47. The normalized spacial score (nSPS) is 18.5. The fourth-order valence-corrected chi connectivity index (χ4v) is 2.60. The Balaban J connectivity index is 1.70. The van der Waals surface area contributed by atoms with E-state index >= 15 is 0 Å². The van der Waals surface area contributed by atoms with Crippen LogP contribution in [0.25, 0.3) is 0 Å². The molecule has 0 aliphatic heterocycles. The number of carbonyl (C=O) groups excluding carboxylic acids is 2. The Morgan fingerprint density at radius 1 is 1.28 bits per heavy atom. The third kappa shape index (κ3) is 3.93. The molecule has 2 amide bonds. The summed E-state index contributed by atoms with van der Waals surface area (Å²) in [7, 11) is 1.48. The van der Waals surface area contributed by atoms with Crippen molar-refractivity contribution in [2.45, 2.75) is 19.3 Å². The standard InChI is InChI=1S/C18H20N2O5/c1-10-7-12(10)13-5-6-15(25-13)18(22)20-11-3-4-14(23-2)16(8-11)24-9-17(19)21/h3-6,8,10,12H,7,9H2,1-2H3,(H2,19,21)(H,20,22)/t10-,12+/m0/s1. The first-order valence-corrected chi connectivity index (χ1v) is 7.98. The van der Waals surface area contributed by atoms with Crippen LogP contribution in [0.3, 0.4) is 0 Å². The van der Waals surface area contributed by atoms with Crippen molar-refractivity contribution in [1.82, 2.24) is 0 Å². The highest BCUT2D eigenvalue weighted by Gasteiger charge is 2.37. The number of rotatable bonds is 7. The first kappa shape index (κ1) is 16.9. The number of nitrogens with two attached hydrogens (primary N) is 1.